The summed E-state index contributed by atoms with van der Waals surface area (Å²) in [5.41, 5.74) is 1.33. The van der Waals surface area contributed by atoms with E-state index in [1.807, 2.05) is 7.05 Å². The van der Waals surface area contributed by atoms with Crippen molar-refractivity contribution in [3.63, 3.8) is 0 Å². The number of nitrogens with one attached hydrogen (secondary N) is 1. The van der Waals surface area contributed by atoms with Crippen molar-refractivity contribution in [3.8, 4) is 0 Å². The van der Waals surface area contributed by atoms with E-state index in [4.69, 9.17) is 0 Å². The second kappa shape index (κ2) is 5.84. The lowest BCUT2D eigenvalue weighted by atomic mass is 10.0. The van der Waals surface area contributed by atoms with E-state index >= 15 is 0 Å². The summed E-state index contributed by atoms with van der Waals surface area (Å²) < 4.78 is 1.74. The second-order valence-electron chi connectivity index (χ2n) is 4.90. The van der Waals surface area contributed by atoms with Gasteiger partial charge in [-0.15, -0.1) is 0 Å². The summed E-state index contributed by atoms with van der Waals surface area (Å²) in [5.74, 6) is 0.887. The standard InChI is InChI=1S/C16H18N4/c1-20-12-18-16(19-20)9-10-17-11-14-7-4-6-13-5-2-3-8-15(13)14/h2-8,12,17H,9-11H2,1H3. The van der Waals surface area contributed by atoms with Gasteiger partial charge in [0.05, 0.1) is 0 Å². The molecule has 1 aromatic heterocycles. The first-order valence-electron chi connectivity index (χ1n) is 6.85. The molecule has 0 spiro atoms. The van der Waals surface area contributed by atoms with Gasteiger partial charge < -0.3 is 5.32 Å². The molecule has 0 aliphatic heterocycles. The van der Waals surface area contributed by atoms with E-state index in [1.165, 1.54) is 16.3 Å². The van der Waals surface area contributed by atoms with Crippen LogP contribution in [0.1, 0.15) is 11.4 Å². The molecule has 3 rings (SSSR count). The van der Waals surface area contributed by atoms with Gasteiger partial charge in [0, 0.05) is 26.6 Å². The molecule has 0 aliphatic rings. The van der Waals surface area contributed by atoms with E-state index in [9.17, 15) is 0 Å². The van der Waals surface area contributed by atoms with Crippen molar-refractivity contribution in [3.05, 3.63) is 60.2 Å². The van der Waals surface area contributed by atoms with Gasteiger partial charge in [-0.2, -0.15) is 5.10 Å². The van der Waals surface area contributed by atoms with Crippen LogP contribution in [0.3, 0.4) is 0 Å². The summed E-state index contributed by atoms with van der Waals surface area (Å²) in [5, 5.41) is 10.3. The average molecular weight is 266 g/mol. The number of nitrogens with zero attached hydrogens (tertiary/aromatic N) is 3. The van der Waals surface area contributed by atoms with Gasteiger partial charge in [0.1, 0.15) is 6.33 Å². The van der Waals surface area contributed by atoms with Gasteiger partial charge in [0.25, 0.3) is 0 Å². The molecule has 1 N–H and O–H groups in total. The van der Waals surface area contributed by atoms with Gasteiger partial charge in [-0.1, -0.05) is 42.5 Å². The lowest BCUT2D eigenvalue weighted by Gasteiger charge is -2.07. The molecule has 102 valence electrons. The van der Waals surface area contributed by atoms with Crippen molar-refractivity contribution in [1.82, 2.24) is 20.1 Å². The molecule has 0 aliphatic carbocycles. The van der Waals surface area contributed by atoms with E-state index in [2.05, 4.69) is 57.9 Å². The minimum Gasteiger partial charge on any atom is -0.312 e. The summed E-state index contributed by atoms with van der Waals surface area (Å²) in [6.45, 7) is 1.75. The molecule has 4 heteroatoms. The van der Waals surface area contributed by atoms with Gasteiger partial charge in [0.15, 0.2) is 5.82 Å². The molecule has 3 aromatic rings. The molecule has 0 saturated heterocycles. The lowest BCUT2D eigenvalue weighted by molar-refractivity contribution is 0.663. The number of benzene rings is 2. The predicted octanol–water partition coefficient (Wildman–Crippen LogP) is 2.30. The fourth-order valence-electron chi connectivity index (χ4n) is 2.37. The highest BCUT2D eigenvalue weighted by Gasteiger charge is 2.01. The quantitative estimate of drug-likeness (QED) is 0.721. The van der Waals surface area contributed by atoms with Gasteiger partial charge >= 0.3 is 0 Å². The maximum atomic E-state index is 4.27. The van der Waals surface area contributed by atoms with Crippen molar-refractivity contribution < 1.29 is 0 Å². The van der Waals surface area contributed by atoms with Gasteiger partial charge in [-0.3, -0.25) is 4.68 Å². The zero-order chi connectivity index (χ0) is 13.8. The van der Waals surface area contributed by atoms with E-state index in [0.29, 0.717) is 0 Å². The number of hydrogen-bond donors (Lipinski definition) is 1. The van der Waals surface area contributed by atoms with E-state index in [-0.39, 0.29) is 0 Å². The van der Waals surface area contributed by atoms with E-state index < -0.39 is 0 Å². The van der Waals surface area contributed by atoms with Crippen LogP contribution in [0.5, 0.6) is 0 Å². The molecule has 1 heterocycles. The third kappa shape index (κ3) is 2.86. The molecule has 2 aromatic carbocycles. The number of hydrogen-bond acceptors (Lipinski definition) is 3. The van der Waals surface area contributed by atoms with Crippen molar-refractivity contribution in [2.24, 2.45) is 7.05 Å². The first-order chi connectivity index (χ1) is 9.83. The minimum absolute atomic E-state index is 0.853. The summed E-state index contributed by atoms with van der Waals surface area (Å²) in [6.07, 6.45) is 2.59. The van der Waals surface area contributed by atoms with Crippen molar-refractivity contribution >= 4 is 10.8 Å². The van der Waals surface area contributed by atoms with Crippen LogP contribution < -0.4 is 5.32 Å². The Morgan fingerprint density at radius 1 is 1.10 bits per heavy atom. The van der Waals surface area contributed by atoms with Gasteiger partial charge in [-0.05, 0) is 16.3 Å². The fourth-order valence-corrected chi connectivity index (χ4v) is 2.37. The Bertz CT molecular complexity index is 697. The largest absolute Gasteiger partial charge is 0.312 e. The Labute approximate surface area is 118 Å². The Kier molecular flexibility index (Phi) is 3.74. The van der Waals surface area contributed by atoms with Crippen LogP contribution >= 0.6 is 0 Å². The monoisotopic (exact) mass is 266 g/mol. The molecule has 0 atom stereocenters. The van der Waals surface area contributed by atoms with Crippen LogP contribution in [0.4, 0.5) is 0 Å². The van der Waals surface area contributed by atoms with Crippen LogP contribution in [-0.4, -0.2) is 21.3 Å². The average Bonchev–Trinajstić information content (AvgIpc) is 2.89. The van der Waals surface area contributed by atoms with Crippen LogP contribution in [0, 0.1) is 0 Å². The number of aromatic nitrogens is 3. The number of rotatable bonds is 5. The van der Waals surface area contributed by atoms with Gasteiger partial charge in [-0.25, -0.2) is 4.98 Å². The normalized spacial score (nSPS) is 11.1. The third-order valence-corrected chi connectivity index (χ3v) is 3.37. The summed E-state index contributed by atoms with van der Waals surface area (Å²) in [6, 6.07) is 14.9. The topological polar surface area (TPSA) is 42.7 Å². The third-order valence-electron chi connectivity index (χ3n) is 3.37. The van der Waals surface area contributed by atoms with Gasteiger partial charge in [0.2, 0.25) is 0 Å². The van der Waals surface area contributed by atoms with Crippen molar-refractivity contribution in [1.29, 1.82) is 0 Å². The van der Waals surface area contributed by atoms with E-state index in [0.717, 1.165) is 25.3 Å². The Morgan fingerprint density at radius 3 is 2.80 bits per heavy atom. The predicted molar refractivity (Wildman–Crippen MR) is 80.4 cm³/mol. The Hall–Kier alpha value is -2.20. The highest BCUT2D eigenvalue weighted by Crippen LogP contribution is 2.18. The molecule has 0 radical (unpaired) electrons. The molecule has 20 heavy (non-hydrogen) atoms. The number of aryl methyl sites for hydroxylation is 1. The fraction of sp³-hybridized carbons (Fsp3) is 0.250. The summed E-state index contributed by atoms with van der Waals surface area (Å²) in [4.78, 5) is 4.22. The molecule has 0 bridgehead atoms. The van der Waals surface area contributed by atoms with Crippen LogP contribution in [0.25, 0.3) is 10.8 Å². The molecule has 0 fully saturated rings. The first-order valence-corrected chi connectivity index (χ1v) is 6.85. The molecule has 4 nitrogen and oxygen atoms in total. The van der Waals surface area contributed by atoms with Crippen LogP contribution in [0.2, 0.25) is 0 Å². The molecular weight excluding hydrogens is 248 g/mol. The lowest BCUT2D eigenvalue weighted by Crippen LogP contribution is -2.17. The van der Waals surface area contributed by atoms with Crippen LogP contribution in [0.15, 0.2) is 48.8 Å². The summed E-state index contributed by atoms with van der Waals surface area (Å²) in [7, 11) is 1.89. The summed E-state index contributed by atoms with van der Waals surface area (Å²) >= 11 is 0. The highest BCUT2D eigenvalue weighted by atomic mass is 15.3. The molecule has 0 amide bonds. The first kappa shape index (κ1) is 12.8. The zero-order valence-electron chi connectivity index (χ0n) is 11.6. The maximum Gasteiger partial charge on any atom is 0.151 e. The number of fused-ring (bicyclic) bond motifs is 1. The smallest absolute Gasteiger partial charge is 0.151 e. The molecule has 0 unspecified atom stereocenters. The Morgan fingerprint density at radius 2 is 1.95 bits per heavy atom. The van der Waals surface area contributed by atoms with Crippen LogP contribution in [-0.2, 0) is 20.0 Å². The van der Waals surface area contributed by atoms with Crippen molar-refractivity contribution in [2.45, 2.75) is 13.0 Å². The maximum absolute atomic E-state index is 4.27. The molecular formula is C16H18N4. The van der Waals surface area contributed by atoms with Crippen molar-refractivity contribution in [2.75, 3.05) is 6.54 Å². The second-order valence-corrected chi connectivity index (χ2v) is 4.90. The minimum atomic E-state index is 0.853. The van der Waals surface area contributed by atoms with E-state index in [1.54, 1.807) is 11.0 Å². The molecule has 0 saturated carbocycles. The highest BCUT2D eigenvalue weighted by molar-refractivity contribution is 5.85. The zero-order valence-corrected chi connectivity index (χ0v) is 11.6. The SMILES string of the molecule is Cn1cnc(CCNCc2cccc3ccccc23)n1. The Balaban J connectivity index is 1.60.